The SMILES string of the molecule is Cc1ccc(CN(C)CCNCCC(C)(C)C)cc1. The lowest BCUT2D eigenvalue weighted by molar-refractivity contribution is 0.314. The number of nitrogens with one attached hydrogen (secondary N) is 1. The number of hydrogen-bond acceptors (Lipinski definition) is 2. The Bertz CT molecular complexity index is 349. The number of rotatable bonds is 7. The standard InChI is InChI=1S/C17H30N2/c1-15-6-8-16(9-7-15)14-19(5)13-12-18-11-10-17(2,3)4/h6-9,18H,10-14H2,1-5H3. The van der Waals surface area contributed by atoms with Gasteiger partial charge >= 0.3 is 0 Å². The maximum Gasteiger partial charge on any atom is 0.0231 e. The maximum atomic E-state index is 3.53. The summed E-state index contributed by atoms with van der Waals surface area (Å²) >= 11 is 0. The summed E-state index contributed by atoms with van der Waals surface area (Å²) in [5.74, 6) is 0. The van der Waals surface area contributed by atoms with E-state index in [1.807, 2.05) is 0 Å². The summed E-state index contributed by atoms with van der Waals surface area (Å²) in [6, 6.07) is 8.81. The second-order valence-corrected chi connectivity index (χ2v) is 6.78. The van der Waals surface area contributed by atoms with Crippen LogP contribution < -0.4 is 5.32 Å². The van der Waals surface area contributed by atoms with E-state index in [1.54, 1.807) is 0 Å². The Hall–Kier alpha value is -0.860. The smallest absolute Gasteiger partial charge is 0.0231 e. The minimum absolute atomic E-state index is 0.431. The molecule has 108 valence electrons. The van der Waals surface area contributed by atoms with Gasteiger partial charge in [-0.15, -0.1) is 0 Å². The molecular weight excluding hydrogens is 232 g/mol. The quantitative estimate of drug-likeness (QED) is 0.757. The number of likely N-dealkylation sites (N-methyl/N-ethyl adjacent to an activating group) is 1. The van der Waals surface area contributed by atoms with Gasteiger partial charge in [0.2, 0.25) is 0 Å². The first-order valence-electron chi connectivity index (χ1n) is 7.32. The molecule has 0 amide bonds. The van der Waals surface area contributed by atoms with Gasteiger partial charge in [0.25, 0.3) is 0 Å². The third-order valence-electron chi connectivity index (χ3n) is 3.30. The summed E-state index contributed by atoms with van der Waals surface area (Å²) < 4.78 is 0. The molecule has 0 fully saturated rings. The van der Waals surface area contributed by atoms with Crippen molar-refractivity contribution in [2.24, 2.45) is 5.41 Å². The van der Waals surface area contributed by atoms with Crippen LogP contribution in [0.4, 0.5) is 0 Å². The molecule has 0 aliphatic rings. The van der Waals surface area contributed by atoms with Crippen molar-refractivity contribution in [1.29, 1.82) is 0 Å². The van der Waals surface area contributed by atoms with Gasteiger partial charge in [0.1, 0.15) is 0 Å². The molecule has 0 saturated heterocycles. The molecule has 0 radical (unpaired) electrons. The molecule has 1 N–H and O–H groups in total. The molecule has 0 bridgehead atoms. The first-order chi connectivity index (χ1) is 8.87. The summed E-state index contributed by atoms with van der Waals surface area (Å²) in [6.45, 7) is 13.3. The molecule has 0 atom stereocenters. The van der Waals surface area contributed by atoms with Gasteiger partial charge in [-0.3, -0.25) is 0 Å². The predicted molar refractivity (Wildman–Crippen MR) is 84.5 cm³/mol. The van der Waals surface area contributed by atoms with Gasteiger partial charge in [-0.25, -0.2) is 0 Å². The van der Waals surface area contributed by atoms with Gasteiger partial charge in [-0.05, 0) is 37.9 Å². The van der Waals surface area contributed by atoms with Gasteiger partial charge in [0.15, 0.2) is 0 Å². The highest BCUT2D eigenvalue weighted by molar-refractivity contribution is 5.21. The fraction of sp³-hybridized carbons (Fsp3) is 0.647. The molecule has 0 unspecified atom stereocenters. The molecule has 1 aromatic rings. The Balaban J connectivity index is 2.14. The Labute approximate surface area is 119 Å². The number of nitrogens with zero attached hydrogens (tertiary/aromatic N) is 1. The molecule has 0 heterocycles. The molecule has 0 aliphatic carbocycles. The monoisotopic (exact) mass is 262 g/mol. The third kappa shape index (κ3) is 8.02. The highest BCUT2D eigenvalue weighted by Gasteiger charge is 2.08. The number of benzene rings is 1. The summed E-state index contributed by atoms with van der Waals surface area (Å²) in [5.41, 5.74) is 3.15. The summed E-state index contributed by atoms with van der Waals surface area (Å²) in [5, 5.41) is 3.53. The van der Waals surface area contributed by atoms with Gasteiger partial charge in [-0.1, -0.05) is 50.6 Å². The van der Waals surface area contributed by atoms with Crippen LogP contribution in [-0.2, 0) is 6.54 Å². The van der Waals surface area contributed by atoms with E-state index >= 15 is 0 Å². The van der Waals surface area contributed by atoms with Crippen LogP contribution >= 0.6 is 0 Å². The molecule has 1 rings (SSSR count). The average molecular weight is 262 g/mol. The summed E-state index contributed by atoms with van der Waals surface area (Å²) in [4.78, 5) is 2.37. The van der Waals surface area contributed by atoms with E-state index in [-0.39, 0.29) is 0 Å². The zero-order valence-electron chi connectivity index (χ0n) is 13.3. The first-order valence-corrected chi connectivity index (χ1v) is 7.32. The van der Waals surface area contributed by atoms with Crippen molar-refractivity contribution in [2.75, 3.05) is 26.7 Å². The fourth-order valence-electron chi connectivity index (χ4n) is 1.94. The van der Waals surface area contributed by atoms with Crippen LogP contribution in [0, 0.1) is 12.3 Å². The van der Waals surface area contributed by atoms with Crippen LogP contribution in [-0.4, -0.2) is 31.6 Å². The zero-order chi connectivity index (χ0) is 14.3. The molecule has 0 saturated carbocycles. The molecule has 2 nitrogen and oxygen atoms in total. The lowest BCUT2D eigenvalue weighted by Crippen LogP contribution is -2.30. The highest BCUT2D eigenvalue weighted by atomic mass is 15.1. The van der Waals surface area contributed by atoms with E-state index in [4.69, 9.17) is 0 Å². The number of hydrogen-bond donors (Lipinski definition) is 1. The third-order valence-corrected chi connectivity index (χ3v) is 3.30. The number of aryl methyl sites for hydroxylation is 1. The normalized spacial score (nSPS) is 12.1. The van der Waals surface area contributed by atoms with Gasteiger partial charge < -0.3 is 10.2 Å². The van der Waals surface area contributed by atoms with Crippen molar-refractivity contribution < 1.29 is 0 Å². The molecule has 19 heavy (non-hydrogen) atoms. The van der Waals surface area contributed by atoms with Crippen molar-refractivity contribution in [3.8, 4) is 0 Å². The predicted octanol–water partition coefficient (Wildman–Crippen LogP) is 3.45. The maximum absolute atomic E-state index is 3.53. The topological polar surface area (TPSA) is 15.3 Å². The Kier molecular flexibility index (Phi) is 6.53. The molecular formula is C17H30N2. The van der Waals surface area contributed by atoms with Crippen LogP contribution in [0.3, 0.4) is 0 Å². The van der Waals surface area contributed by atoms with E-state index in [9.17, 15) is 0 Å². The van der Waals surface area contributed by atoms with E-state index in [2.05, 4.69) is 69.2 Å². The molecule has 0 aromatic heterocycles. The highest BCUT2D eigenvalue weighted by Crippen LogP contribution is 2.16. The van der Waals surface area contributed by atoms with Gasteiger partial charge in [0, 0.05) is 19.6 Å². The largest absolute Gasteiger partial charge is 0.315 e. The average Bonchev–Trinajstić information content (AvgIpc) is 2.30. The van der Waals surface area contributed by atoms with Gasteiger partial charge in [-0.2, -0.15) is 0 Å². The molecule has 1 aromatic carbocycles. The summed E-state index contributed by atoms with van der Waals surface area (Å²) in [7, 11) is 2.19. The zero-order valence-corrected chi connectivity index (χ0v) is 13.3. The van der Waals surface area contributed by atoms with Crippen LogP contribution in [0.15, 0.2) is 24.3 Å². The van der Waals surface area contributed by atoms with E-state index in [1.165, 1.54) is 17.5 Å². The minimum Gasteiger partial charge on any atom is -0.315 e. The first kappa shape index (κ1) is 16.2. The molecule has 0 spiro atoms. The van der Waals surface area contributed by atoms with Crippen LogP contribution in [0.1, 0.15) is 38.3 Å². The Morgan fingerprint density at radius 3 is 2.26 bits per heavy atom. The van der Waals surface area contributed by atoms with Crippen molar-refractivity contribution >= 4 is 0 Å². The van der Waals surface area contributed by atoms with E-state index in [0.29, 0.717) is 5.41 Å². The van der Waals surface area contributed by atoms with Gasteiger partial charge in [0.05, 0.1) is 0 Å². The van der Waals surface area contributed by atoms with Crippen molar-refractivity contribution in [1.82, 2.24) is 10.2 Å². The van der Waals surface area contributed by atoms with Crippen LogP contribution in [0.25, 0.3) is 0 Å². The fourth-order valence-corrected chi connectivity index (χ4v) is 1.94. The van der Waals surface area contributed by atoms with E-state index in [0.717, 1.165) is 26.2 Å². The van der Waals surface area contributed by atoms with Crippen LogP contribution in [0.5, 0.6) is 0 Å². The van der Waals surface area contributed by atoms with Crippen molar-refractivity contribution in [3.05, 3.63) is 35.4 Å². The van der Waals surface area contributed by atoms with Crippen LogP contribution in [0.2, 0.25) is 0 Å². The minimum atomic E-state index is 0.431. The second-order valence-electron chi connectivity index (χ2n) is 6.78. The Morgan fingerprint density at radius 2 is 1.68 bits per heavy atom. The van der Waals surface area contributed by atoms with E-state index < -0.39 is 0 Å². The van der Waals surface area contributed by atoms with Crippen molar-refractivity contribution in [3.63, 3.8) is 0 Å². The lowest BCUT2D eigenvalue weighted by atomic mass is 9.92. The lowest BCUT2D eigenvalue weighted by Gasteiger charge is -2.20. The second kappa shape index (κ2) is 7.66. The molecule has 0 aliphatic heterocycles. The Morgan fingerprint density at radius 1 is 1.05 bits per heavy atom. The van der Waals surface area contributed by atoms with Crippen molar-refractivity contribution in [2.45, 2.75) is 40.7 Å². The molecule has 2 heteroatoms. The summed E-state index contributed by atoms with van der Waals surface area (Å²) in [6.07, 6.45) is 1.23.